The van der Waals surface area contributed by atoms with Crippen LogP contribution in [0.3, 0.4) is 0 Å². The van der Waals surface area contributed by atoms with Crippen molar-refractivity contribution in [3.8, 4) is 5.75 Å². The van der Waals surface area contributed by atoms with Crippen LogP contribution in [0.15, 0.2) is 40.8 Å². The van der Waals surface area contributed by atoms with Crippen molar-refractivity contribution in [2.75, 3.05) is 27.7 Å². The Morgan fingerprint density at radius 1 is 1.10 bits per heavy atom. The van der Waals surface area contributed by atoms with E-state index in [0.29, 0.717) is 16.8 Å². The number of carbonyl (C=O) groups is 2. The van der Waals surface area contributed by atoms with Gasteiger partial charge >= 0.3 is 5.97 Å². The molecule has 1 amide bonds. The van der Waals surface area contributed by atoms with E-state index < -0.39 is 17.9 Å². The average Bonchev–Trinajstić information content (AvgIpc) is 3.06. The molecule has 0 aliphatic rings. The number of nitrogens with zero attached hydrogens (tertiary/aromatic N) is 1. The number of rotatable bonds is 9. The van der Waals surface area contributed by atoms with Gasteiger partial charge < -0.3 is 24.1 Å². The summed E-state index contributed by atoms with van der Waals surface area (Å²) in [6, 6.07) is 10.7. The number of furan rings is 1. The van der Waals surface area contributed by atoms with Crippen LogP contribution < -0.4 is 10.1 Å². The van der Waals surface area contributed by atoms with E-state index >= 15 is 0 Å². The van der Waals surface area contributed by atoms with Crippen molar-refractivity contribution in [3.63, 3.8) is 0 Å². The van der Waals surface area contributed by atoms with E-state index in [2.05, 4.69) is 26.1 Å². The van der Waals surface area contributed by atoms with Gasteiger partial charge in [-0.25, -0.2) is 0 Å². The molecule has 1 aromatic heterocycles. The van der Waals surface area contributed by atoms with Crippen LogP contribution in [0.1, 0.15) is 49.1 Å². The fourth-order valence-electron chi connectivity index (χ4n) is 3.07. The second-order valence-corrected chi connectivity index (χ2v) is 9.57. The Morgan fingerprint density at radius 2 is 1.73 bits per heavy atom. The van der Waals surface area contributed by atoms with E-state index in [9.17, 15) is 9.59 Å². The Bertz CT molecular complexity index is 857. The van der Waals surface area contributed by atoms with E-state index in [-0.39, 0.29) is 24.2 Å². The van der Waals surface area contributed by atoms with Gasteiger partial charge in [-0.2, -0.15) is 0 Å². The van der Waals surface area contributed by atoms with Gasteiger partial charge in [0.1, 0.15) is 18.1 Å². The van der Waals surface area contributed by atoms with Crippen LogP contribution in [0.5, 0.6) is 5.75 Å². The van der Waals surface area contributed by atoms with Crippen LogP contribution >= 0.6 is 0 Å². The summed E-state index contributed by atoms with van der Waals surface area (Å²) in [5, 5.41) is 11.9. The lowest BCUT2D eigenvalue weighted by atomic mass is 9.87. The third-order valence-electron chi connectivity index (χ3n) is 4.51. The number of amides is 1. The quantitative estimate of drug-likeness (QED) is 0.610. The summed E-state index contributed by atoms with van der Waals surface area (Å²) >= 11 is 0. The molecule has 0 aliphatic carbocycles. The zero-order valence-electron chi connectivity index (χ0n) is 18.7. The molecule has 7 heteroatoms. The fourth-order valence-corrected chi connectivity index (χ4v) is 3.07. The summed E-state index contributed by atoms with van der Waals surface area (Å²) in [4.78, 5) is 23.6. The first-order valence-electron chi connectivity index (χ1n) is 9.99. The maximum atomic E-state index is 12.5. The minimum atomic E-state index is -0.959. The number of hydrogen-bond acceptors (Lipinski definition) is 4. The zero-order valence-corrected chi connectivity index (χ0v) is 18.7. The van der Waals surface area contributed by atoms with Crippen LogP contribution in [-0.4, -0.2) is 55.2 Å². The van der Waals surface area contributed by atoms with Gasteiger partial charge in [-0.3, -0.25) is 9.59 Å². The summed E-state index contributed by atoms with van der Waals surface area (Å²) in [5.74, 6) is -0.0278. The van der Waals surface area contributed by atoms with Crippen molar-refractivity contribution in [1.29, 1.82) is 0 Å². The number of nitrogens with one attached hydrogen (secondary N) is 1. The number of carbonyl (C=O) groups excluding carboxylic acids is 1. The van der Waals surface area contributed by atoms with Crippen LogP contribution in [-0.2, 0) is 16.8 Å². The van der Waals surface area contributed by atoms with Crippen LogP contribution in [0, 0.1) is 0 Å². The molecule has 2 aromatic rings. The van der Waals surface area contributed by atoms with E-state index in [1.165, 1.54) is 5.56 Å². The SMILES string of the molecule is CC(C)(C)c1ccc(OCc2ccc(C(=O)NC(CC(=O)O)C[N+](C)(C)C)o2)cc1. The monoisotopic (exact) mass is 417 g/mol. The average molecular weight is 418 g/mol. The molecule has 0 saturated heterocycles. The molecule has 0 bridgehead atoms. The number of aliphatic carboxylic acids is 1. The highest BCUT2D eigenvalue weighted by Gasteiger charge is 2.24. The standard InChI is InChI=1S/C23H32N2O5/c1-23(2,3)16-7-9-18(10-8-16)29-15-19-11-12-20(30-19)22(28)24-17(13-21(26)27)14-25(4,5)6/h7-12,17H,13-15H2,1-6H3,(H-,24,26,27,28)/p+1. The van der Waals surface area contributed by atoms with E-state index in [1.54, 1.807) is 12.1 Å². The Balaban J connectivity index is 1.96. The molecule has 0 spiro atoms. The molecule has 164 valence electrons. The van der Waals surface area contributed by atoms with Gasteiger partial charge in [-0.1, -0.05) is 32.9 Å². The van der Waals surface area contributed by atoms with Crippen molar-refractivity contribution >= 4 is 11.9 Å². The Morgan fingerprint density at radius 3 is 2.27 bits per heavy atom. The Kier molecular flexibility index (Phi) is 7.31. The maximum absolute atomic E-state index is 12.5. The highest BCUT2D eigenvalue weighted by Crippen LogP contribution is 2.24. The summed E-state index contributed by atoms with van der Waals surface area (Å²) < 4.78 is 11.9. The van der Waals surface area contributed by atoms with E-state index in [1.807, 2.05) is 45.4 Å². The number of quaternary nitrogens is 1. The summed E-state index contributed by atoms with van der Waals surface area (Å²) in [7, 11) is 5.83. The molecule has 2 N–H and O–H groups in total. The minimum Gasteiger partial charge on any atom is -0.486 e. The first-order chi connectivity index (χ1) is 13.8. The van der Waals surface area contributed by atoms with Gasteiger partial charge in [0, 0.05) is 0 Å². The molecule has 0 radical (unpaired) electrons. The number of carboxylic acids is 1. The summed E-state index contributed by atoms with van der Waals surface area (Å²) in [6.45, 7) is 7.14. The van der Waals surface area contributed by atoms with Crippen molar-refractivity contribution in [2.45, 2.75) is 45.3 Å². The molecule has 0 fully saturated rings. The molecule has 1 heterocycles. The first-order valence-corrected chi connectivity index (χ1v) is 9.99. The van der Waals surface area contributed by atoms with Gasteiger partial charge in [0.2, 0.25) is 0 Å². The van der Waals surface area contributed by atoms with Crippen LogP contribution in [0.25, 0.3) is 0 Å². The van der Waals surface area contributed by atoms with Gasteiger partial charge in [-0.15, -0.1) is 0 Å². The zero-order chi connectivity index (χ0) is 22.5. The summed E-state index contributed by atoms with van der Waals surface area (Å²) in [6.07, 6.45) is -0.150. The highest BCUT2D eigenvalue weighted by atomic mass is 16.5. The number of hydrogen-bond donors (Lipinski definition) is 2. The van der Waals surface area contributed by atoms with E-state index in [4.69, 9.17) is 14.3 Å². The number of ether oxygens (including phenoxy) is 1. The number of benzene rings is 1. The Hall–Kier alpha value is -2.80. The third-order valence-corrected chi connectivity index (χ3v) is 4.51. The van der Waals surface area contributed by atoms with Crippen molar-refractivity contribution in [2.24, 2.45) is 0 Å². The largest absolute Gasteiger partial charge is 0.486 e. The molecule has 2 rings (SSSR count). The molecule has 1 atom stereocenters. The molecule has 1 aromatic carbocycles. The first kappa shape index (κ1) is 23.5. The normalized spacial score (nSPS) is 13.0. The molecule has 1 unspecified atom stereocenters. The van der Waals surface area contributed by atoms with Gasteiger partial charge in [0.25, 0.3) is 5.91 Å². The molecular formula is C23H33N2O5+. The maximum Gasteiger partial charge on any atom is 0.305 e. The van der Waals surface area contributed by atoms with Gasteiger partial charge in [-0.05, 0) is 35.2 Å². The second-order valence-electron chi connectivity index (χ2n) is 9.57. The molecule has 0 aliphatic heterocycles. The smallest absolute Gasteiger partial charge is 0.305 e. The van der Waals surface area contributed by atoms with Gasteiger partial charge in [0.05, 0.1) is 40.2 Å². The van der Waals surface area contributed by atoms with Crippen LogP contribution in [0.2, 0.25) is 0 Å². The summed E-state index contributed by atoms with van der Waals surface area (Å²) in [5.41, 5.74) is 1.29. The number of likely N-dealkylation sites (N-methyl/N-ethyl adjacent to an activating group) is 1. The van der Waals surface area contributed by atoms with Crippen molar-refractivity contribution < 1.29 is 28.3 Å². The molecule has 7 nitrogen and oxygen atoms in total. The predicted octanol–water partition coefficient (Wildman–Crippen LogP) is 3.44. The highest BCUT2D eigenvalue weighted by molar-refractivity contribution is 5.92. The fraction of sp³-hybridized carbons (Fsp3) is 0.478. The second kappa shape index (κ2) is 9.34. The molecule has 0 saturated carbocycles. The lowest BCUT2D eigenvalue weighted by Gasteiger charge is -2.28. The van der Waals surface area contributed by atoms with Crippen molar-refractivity contribution in [1.82, 2.24) is 5.32 Å². The lowest BCUT2D eigenvalue weighted by Crippen LogP contribution is -2.49. The molecular weight excluding hydrogens is 384 g/mol. The minimum absolute atomic E-state index is 0.0756. The van der Waals surface area contributed by atoms with Crippen LogP contribution in [0.4, 0.5) is 0 Å². The number of carboxylic acid groups (broad SMARTS) is 1. The molecule has 30 heavy (non-hydrogen) atoms. The third kappa shape index (κ3) is 7.55. The lowest BCUT2D eigenvalue weighted by molar-refractivity contribution is -0.871. The topological polar surface area (TPSA) is 88.8 Å². The predicted molar refractivity (Wildman–Crippen MR) is 115 cm³/mol. The van der Waals surface area contributed by atoms with E-state index in [0.717, 1.165) is 5.75 Å². The van der Waals surface area contributed by atoms with Crippen molar-refractivity contribution in [3.05, 3.63) is 53.5 Å². The van der Waals surface area contributed by atoms with Gasteiger partial charge in [0.15, 0.2) is 5.76 Å². The Labute approximate surface area is 178 Å².